The van der Waals surface area contributed by atoms with E-state index in [0.717, 1.165) is 17.7 Å². The molecular formula is C15H14F3N3O2. The Bertz CT molecular complexity index is 737. The zero-order valence-electron chi connectivity index (χ0n) is 12.2. The number of aliphatic hydroxyl groups is 1. The fraction of sp³-hybridized carbons (Fsp3) is 0.333. The van der Waals surface area contributed by atoms with Crippen LogP contribution in [0.1, 0.15) is 18.9 Å². The summed E-state index contributed by atoms with van der Waals surface area (Å²) in [4.78, 5) is 4.21. The Morgan fingerprint density at radius 2 is 1.87 bits per heavy atom. The predicted octanol–water partition coefficient (Wildman–Crippen LogP) is 2.95. The molecule has 23 heavy (non-hydrogen) atoms. The highest BCUT2D eigenvalue weighted by molar-refractivity contribution is 6.01. The van der Waals surface area contributed by atoms with Crippen molar-refractivity contribution in [3.8, 4) is 11.1 Å². The van der Waals surface area contributed by atoms with Crippen molar-refractivity contribution in [3.05, 3.63) is 42.2 Å². The van der Waals surface area contributed by atoms with E-state index in [1.165, 1.54) is 0 Å². The molecule has 2 aromatic rings. The van der Waals surface area contributed by atoms with Gasteiger partial charge in [0.1, 0.15) is 0 Å². The van der Waals surface area contributed by atoms with Gasteiger partial charge in [0.2, 0.25) is 0 Å². The molecule has 0 amide bonds. The second kappa shape index (κ2) is 5.38. The maximum absolute atomic E-state index is 12.7. The summed E-state index contributed by atoms with van der Waals surface area (Å²) in [5.41, 5.74) is 2.33. The molecule has 3 rings (SSSR count). The molecule has 8 heteroatoms. The fourth-order valence-electron chi connectivity index (χ4n) is 2.27. The van der Waals surface area contributed by atoms with Crippen LogP contribution in [0.15, 0.2) is 41.8 Å². The van der Waals surface area contributed by atoms with E-state index in [9.17, 15) is 18.3 Å². The normalized spacial score (nSPS) is 21.2. The summed E-state index contributed by atoms with van der Waals surface area (Å²) in [6.07, 6.45) is -2.03. The first kappa shape index (κ1) is 15.5. The van der Waals surface area contributed by atoms with Crippen LogP contribution in [0, 0.1) is 0 Å². The predicted molar refractivity (Wildman–Crippen MR) is 76.6 cm³/mol. The Labute approximate surface area is 130 Å². The van der Waals surface area contributed by atoms with E-state index in [-0.39, 0.29) is 5.71 Å². The second-order valence-corrected chi connectivity index (χ2v) is 5.25. The van der Waals surface area contributed by atoms with Crippen LogP contribution < -0.4 is 0 Å². The summed E-state index contributed by atoms with van der Waals surface area (Å²) in [5, 5.41) is 17.0. The van der Waals surface area contributed by atoms with E-state index in [0.29, 0.717) is 5.56 Å². The highest BCUT2D eigenvalue weighted by Crippen LogP contribution is 2.39. The lowest BCUT2D eigenvalue weighted by molar-refractivity contribution is -0.355. The molecule has 1 unspecified atom stereocenters. The van der Waals surface area contributed by atoms with Crippen LogP contribution in [0.2, 0.25) is 0 Å². The third kappa shape index (κ3) is 2.81. The molecule has 1 aromatic carbocycles. The SMILES string of the molecule is CCn1cc(-c2ccc(C3=NOC(O)(C(F)(F)F)C3)cc2)cn1. The molecule has 0 fully saturated rings. The molecule has 0 bridgehead atoms. The van der Waals surface area contributed by atoms with Crippen molar-refractivity contribution < 1.29 is 23.1 Å². The van der Waals surface area contributed by atoms with Crippen LogP contribution in [0.3, 0.4) is 0 Å². The smallest absolute Gasteiger partial charge is 0.350 e. The van der Waals surface area contributed by atoms with Crippen molar-refractivity contribution in [1.29, 1.82) is 0 Å². The minimum Gasteiger partial charge on any atom is -0.350 e. The van der Waals surface area contributed by atoms with E-state index in [1.54, 1.807) is 35.1 Å². The molecule has 122 valence electrons. The summed E-state index contributed by atoms with van der Waals surface area (Å²) >= 11 is 0. The second-order valence-electron chi connectivity index (χ2n) is 5.25. The molecule has 5 nitrogen and oxygen atoms in total. The number of aryl methyl sites for hydroxylation is 1. The first-order valence-electron chi connectivity index (χ1n) is 7.00. The summed E-state index contributed by atoms with van der Waals surface area (Å²) in [6.45, 7) is 2.72. The molecule has 0 aliphatic carbocycles. The third-order valence-corrected chi connectivity index (χ3v) is 3.67. The van der Waals surface area contributed by atoms with E-state index in [1.807, 2.05) is 13.1 Å². The van der Waals surface area contributed by atoms with Gasteiger partial charge in [0, 0.05) is 18.3 Å². The van der Waals surface area contributed by atoms with Crippen LogP contribution in [0.4, 0.5) is 13.2 Å². The van der Waals surface area contributed by atoms with Crippen molar-refractivity contribution in [2.75, 3.05) is 0 Å². The average Bonchev–Trinajstić information content (AvgIpc) is 3.14. The highest BCUT2D eigenvalue weighted by atomic mass is 19.4. The van der Waals surface area contributed by atoms with E-state index in [2.05, 4.69) is 15.1 Å². The molecule has 2 heterocycles. The topological polar surface area (TPSA) is 59.6 Å². The minimum absolute atomic E-state index is 0.0561. The Kier molecular flexibility index (Phi) is 3.63. The molecular weight excluding hydrogens is 311 g/mol. The fourth-order valence-corrected chi connectivity index (χ4v) is 2.27. The summed E-state index contributed by atoms with van der Waals surface area (Å²) in [6, 6.07) is 6.81. The molecule has 1 aliphatic heterocycles. The summed E-state index contributed by atoms with van der Waals surface area (Å²) < 4.78 is 39.9. The van der Waals surface area contributed by atoms with Gasteiger partial charge in [0.05, 0.1) is 18.3 Å². The first-order chi connectivity index (χ1) is 10.8. The van der Waals surface area contributed by atoms with Gasteiger partial charge in [-0.25, -0.2) is 0 Å². The quantitative estimate of drug-likeness (QED) is 0.944. The number of hydrogen-bond acceptors (Lipinski definition) is 4. The Hall–Kier alpha value is -2.35. The number of alkyl halides is 3. The lowest BCUT2D eigenvalue weighted by atomic mass is 10.00. The van der Waals surface area contributed by atoms with Crippen LogP contribution in [0.25, 0.3) is 11.1 Å². The average molecular weight is 325 g/mol. The van der Waals surface area contributed by atoms with Gasteiger partial charge >= 0.3 is 12.0 Å². The monoisotopic (exact) mass is 325 g/mol. The standard InChI is InChI=1S/C15H14F3N3O2/c1-2-21-9-12(8-19-21)10-3-5-11(6-4-10)13-7-14(22,23-20-13)15(16,17)18/h3-6,8-9,22H,2,7H2,1H3. The van der Waals surface area contributed by atoms with Crippen LogP contribution in [-0.4, -0.2) is 32.6 Å². The van der Waals surface area contributed by atoms with E-state index < -0.39 is 18.4 Å². The van der Waals surface area contributed by atoms with Crippen LogP contribution >= 0.6 is 0 Å². The highest BCUT2D eigenvalue weighted by Gasteiger charge is 2.60. The van der Waals surface area contributed by atoms with Crippen molar-refractivity contribution in [3.63, 3.8) is 0 Å². The lowest BCUT2D eigenvalue weighted by Crippen LogP contribution is -2.45. The molecule has 0 saturated heterocycles. The van der Waals surface area contributed by atoms with Gasteiger partial charge < -0.3 is 9.94 Å². The van der Waals surface area contributed by atoms with Crippen molar-refractivity contribution in [2.24, 2.45) is 5.16 Å². The molecule has 0 radical (unpaired) electrons. The number of nitrogens with zero attached hydrogens (tertiary/aromatic N) is 3. The molecule has 0 saturated carbocycles. The van der Waals surface area contributed by atoms with Crippen molar-refractivity contribution >= 4 is 5.71 Å². The Morgan fingerprint density at radius 1 is 1.22 bits per heavy atom. The Balaban J connectivity index is 1.78. The zero-order chi connectivity index (χ0) is 16.7. The van der Waals surface area contributed by atoms with Gasteiger partial charge in [-0.3, -0.25) is 4.68 Å². The number of rotatable bonds is 3. The lowest BCUT2D eigenvalue weighted by Gasteiger charge is -2.22. The van der Waals surface area contributed by atoms with Crippen molar-refractivity contribution in [2.45, 2.75) is 31.9 Å². The number of oxime groups is 1. The first-order valence-corrected chi connectivity index (χ1v) is 7.00. The maximum atomic E-state index is 12.7. The van der Waals surface area contributed by atoms with Crippen LogP contribution in [0.5, 0.6) is 0 Å². The molecule has 0 spiro atoms. The minimum atomic E-state index is -4.90. The van der Waals surface area contributed by atoms with Gasteiger partial charge in [-0.1, -0.05) is 29.4 Å². The van der Waals surface area contributed by atoms with Gasteiger partial charge in [-0.15, -0.1) is 0 Å². The zero-order valence-corrected chi connectivity index (χ0v) is 12.2. The number of benzene rings is 1. The molecule has 1 atom stereocenters. The van der Waals surface area contributed by atoms with Crippen molar-refractivity contribution in [1.82, 2.24) is 9.78 Å². The van der Waals surface area contributed by atoms with Crippen LogP contribution in [-0.2, 0) is 11.4 Å². The maximum Gasteiger partial charge on any atom is 0.458 e. The van der Waals surface area contributed by atoms with Gasteiger partial charge in [0.25, 0.3) is 0 Å². The third-order valence-electron chi connectivity index (χ3n) is 3.67. The summed E-state index contributed by atoms with van der Waals surface area (Å²) in [7, 11) is 0. The number of aromatic nitrogens is 2. The molecule has 1 aromatic heterocycles. The van der Waals surface area contributed by atoms with E-state index in [4.69, 9.17) is 0 Å². The largest absolute Gasteiger partial charge is 0.458 e. The number of halogens is 3. The molecule has 1 aliphatic rings. The van der Waals surface area contributed by atoms with Gasteiger partial charge in [-0.05, 0) is 18.1 Å². The number of hydrogen-bond donors (Lipinski definition) is 1. The van der Waals surface area contributed by atoms with Gasteiger partial charge in [-0.2, -0.15) is 18.3 Å². The van der Waals surface area contributed by atoms with E-state index >= 15 is 0 Å². The Morgan fingerprint density at radius 3 is 2.39 bits per heavy atom. The molecule has 1 N–H and O–H groups in total. The van der Waals surface area contributed by atoms with Gasteiger partial charge in [0.15, 0.2) is 0 Å². The summed E-state index contributed by atoms with van der Waals surface area (Å²) in [5.74, 6) is -3.25.